The minimum absolute atomic E-state index is 0.0179. The molecule has 2 fully saturated rings. The number of amides is 1. The van der Waals surface area contributed by atoms with E-state index in [4.69, 9.17) is 4.79 Å². The summed E-state index contributed by atoms with van der Waals surface area (Å²) in [5.74, 6) is -0.156. The van der Waals surface area contributed by atoms with Gasteiger partial charge in [0.05, 0.1) is 12.2 Å². The minimum atomic E-state index is -0.156. The molecule has 3 aromatic rings. The van der Waals surface area contributed by atoms with Crippen LogP contribution < -0.4 is 5.73 Å². The molecule has 2 aliphatic rings. The highest BCUT2D eigenvalue weighted by atomic mass is 19.1. The lowest BCUT2D eigenvalue weighted by molar-refractivity contribution is -0.106. The fourth-order valence-corrected chi connectivity index (χ4v) is 4.19. The SMILES string of the molecule is CCc1ccccc1C1(c2cc(F)cc(-c3cnn(C4CC4)c3)c2)CC1.NC=O. The summed E-state index contributed by atoms with van der Waals surface area (Å²) in [5, 5.41) is 4.47. The van der Waals surface area contributed by atoms with Crippen LogP contribution in [0.1, 0.15) is 55.3 Å². The number of nitrogens with two attached hydrogens (primary N) is 1. The summed E-state index contributed by atoms with van der Waals surface area (Å²) in [6.07, 6.45) is 9.78. The molecule has 5 heteroatoms. The highest BCUT2D eigenvalue weighted by Crippen LogP contribution is 2.55. The smallest absolute Gasteiger partial charge is 0.204 e. The van der Waals surface area contributed by atoms with Gasteiger partial charge in [-0.3, -0.25) is 9.48 Å². The van der Waals surface area contributed by atoms with Gasteiger partial charge in [0, 0.05) is 17.2 Å². The van der Waals surface area contributed by atoms with Crippen molar-refractivity contribution in [2.24, 2.45) is 5.73 Å². The van der Waals surface area contributed by atoms with Gasteiger partial charge < -0.3 is 5.73 Å². The van der Waals surface area contributed by atoms with Crippen LogP contribution in [-0.4, -0.2) is 16.2 Å². The van der Waals surface area contributed by atoms with E-state index in [-0.39, 0.29) is 17.6 Å². The zero-order valence-corrected chi connectivity index (χ0v) is 16.6. The van der Waals surface area contributed by atoms with Crippen LogP contribution in [0.5, 0.6) is 0 Å². The van der Waals surface area contributed by atoms with Crippen LogP contribution in [0.4, 0.5) is 4.39 Å². The summed E-state index contributed by atoms with van der Waals surface area (Å²) < 4.78 is 16.5. The molecule has 150 valence electrons. The first kappa shape index (κ1) is 19.4. The number of benzene rings is 2. The number of rotatable bonds is 5. The lowest BCUT2D eigenvalue weighted by Gasteiger charge is -2.21. The van der Waals surface area contributed by atoms with Crippen molar-refractivity contribution in [3.05, 3.63) is 77.4 Å². The van der Waals surface area contributed by atoms with Gasteiger partial charge in [0.25, 0.3) is 0 Å². The number of primary amides is 1. The first-order valence-electron chi connectivity index (χ1n) is 10.2. The average molecular weight is 391 g/mol. The van der Waals surface area contributed by atoms with Crippen LogP contribution in [0.25, 0.3) is 11.1 Å². The Bertz CT molecular complexity index is 1020. The molecule has 2 aliphatic carbocycles. The fourth-order valence-electron chi connectivity index (χ4n) is 4.19. The Labute approximate surface area is 170 Å². The molecule has 0 radical (unpaired) electrons. The van der Waals surface area contributed by atoms with Crippen molar-refractivity contribution < 1.29 is 9.18 Å². The summed E-state index contributed by atoms with van der Waals surface area (Å²) in [6.45, 7) is 2.19. The van der Waals surface area contributed by atoms with Crippen molar-refractivity contribution in [2.45, 2.75) is 50.5 Å². The van der Waals surface area contributed by atoms with E-state index in [0.717, 1.165) is 36.0 Å². The molecular formula is C24H26FN3O. The molecule has 4 nitrogen and oxygen atoms in total. The second kappa shape index (κ2) is 7.82. The van der Waals surface area contributed by atoms with Gasteiger partial charge >= 0.3 is 0 Å². The molecule has 0 saturated heterocycles. The minimum Gasteiger partial charge on any atom is -0.372 e. The topological polar surface area (TPSA) is 60.9 Å². The molecule has 0 atom stereocenters. The second-order valence-electron chi connectivity index (χ2n) is 7.90. The molecule has 0 spiro atoms. The number of carbonyl (C=O) groups is 1. The molecule has 0 bridgehead atoms. The molecule has 2 N–H and O–H groups in total. The lowest BCUT2D eigenvalue weighted by Crippen LogP contribution is -2.12. The Hall–Kier alpha value is -2.95. The molecule has 2 saturated carbocycles. The third-order valence-electron chi connectivity index (χ3n) is 5.97. The molecule has 1 aromatic heterocycles. The molecule has 1 heterocycles. The molecular weight excluding hydrogens is 365 g/mol. The van der Waals surface area contributed by atoms with Crippen LogP contribution in [0.15, 0.2) is 54.9 Å². The van der Waals surface area contributed by atoms with E-state index in [1.165, 1.54) is 24.0 Å². The Morgan fingerprint density at radius 2 is 1.93 bits per heavy atom. The number of aromatic nitrogens is 2. The number of halogens is 1. The number of hydrogen-bond acceptors (Lipinski definition) is 2. The monoisotopic (exact) mass is 391 g/mol. The summed E-state index contributed by atoms with van der Waals surface area (Å²) in [4.78, 5) is 8.58. The maximum Gasteiger partial charge on any atom is 0.204 e. The summed E-state index contributed by atoms with van der Waals surface area (Å²) >= 11 is 0. The van der Waals surface area contributed by atoms with Crippen LogP contribution in [0.3, 0.4) is 0 Å². The summed E-state index contributed by atoms with van der Waals surface area (Å²) in [5.41, 5.74) is 9.94. The molecule has 29 heavy (non-hydrogen) atoms. The van der Waals surface area contributed by atoms with E-state index >= 15 is 0 Å². The maximum absolute atomic E-state index is 14.5. The highest BCUT2D eigenvalue weighted by molar-refractivity contribution is 5.65. The molecule has 1 amide bonds. The number of hydrogen-bond donors (Lipinski definition) is 1. The van der Waals surface area contributed by atoms with Crippen molar-refractivity contribution >= 4 is 6.41 Å². The predicted octanol–water partition coefficient (Wildman–Crippen LogP) is 4.77. The third-order valence-corrected chi connectivity index (χ3v) is 5.97. The molecule has 2 aromatic carbocycles. The van der Waals surface area contributed by atoms with Gasteiger partial charge in [-0.05, 0) is 72.6 Å². The summed E-state index contributed by atoms with van der Waals surface area (Å²) in [7, 11) is 0. The fraction of sp³-hybridized carbons (Fsp3) is 0.333. The van der Waals surface area contributed by atoms with Crippen molar-refractivity contribution in [1.29, 1.82) is 0 Å². The Kier molecular flexibility index (Phi) is 5.22. The van der Waals surface area contributed by atoms with Crippen molar-refractivity contribution in [3.63, 3.8) is 0 Å². The largest absolute Gasteiger partial charge is 0.372 e. The highest BCUT2D eigenvalue weighted by Gasteiger charge is 2.47. The van der Waals surface area contributed by atoms with Crippen LogP contribution >= 0.6 is 0 Å². The molecule has 5 rings (SSSR count). The third kappa shape index (κ3) is 3.82. The zero-order valence-electron chi connectivity index (χ0n) is 16.6. The van der Waals surface area contributed by atoms with E-state index in [0.29, 0.717) is 6.04 Å². The molecule has 0 unspecified atom stereocenters. The van der Waals surface area contributed by atoms with E-state index in [1.807, 2.05) is 10.9 Å². The number of nitrogens with zero attached hydrogens (tertiary/aromatic N) is 2. The Balaban J connectivity index is 0.000000645. The van der Waals surface area contributed by atoms with E-state index in [2.05, 4.69) is 54.3 Å². The van der Waals surface area contributed by atoms with Crippen molar-refractivity contribution in [3.8, 4) is 11.1 Å². The first-order chi connectivity index (χ1) is 14.1. The van der Waals surface area contributed by atoms with Crippen LogP contribution in [-0.2, 0) is 16.6 Å². The maximum atomic E-state index is 14.5. The summed E-state index contributed by atoms with van der Waals surface area (Å²) in [6, 6.07) is 14.7. The average Bonchev–Trinajstić information content (AvgIpc) is 3.66. The standard InChI is InChI=1S/C23H23FN2.CH3NO/c1-2-16-5-3-4-6-22(16)23(9-10-23)19-11-17(12-20(24)13-19)18-14-25-26(15-18)21-7-8-21;2-1-3/h3-6,11-15,21H,2,7-10H2,1H3;1H,(H2,2,3). The predicted molar refractivity (Wildman–Crippen MR) is 112 cm³/mol. The van der Waals surface area contributed by atoms with Gasteiger partial charge in [0.1, 0.15) is 5.82 Å². The van der Waals surface area contributed by atoms with Gasteiger partial charge in [-0.2, -0.15) is 5.10 Å². The van der Waals surface area contributed by atoms with Crippen molar-refractivity contribution in [2.75, 3.05) is 0 Å². The van der Waals surface area contributed by atoms with E-state index < -0.39 is 0 Å². The van der Waals surface area contributed by atoms with Crippen LogP contribution in [0.2, 0.25) is 0 Å². The van der Waals surface area contributed by atoms with E-state index in [1.54, 1.807) is 12.1 Å². The normalized spacial score (nSPS) is 16.6. The zero-order chi connectivity index (χ0) is 20.4. The van der Waals surface area contributed by atoms with Gasteiger partial charge in [0.15, 0.2) is 0 Å². The van der Waals surface area contributed by atoms with Crippen LogP contribution in [0, 0.1) is 5.82 Å². The number of aryl methyl sites for hydroxylation is 1. The van der Waals surface area contributed by atoms with Gasteiger partial charge in [-0.25, -0.2) is 4.39 Å². The number of carbonyl (C=O) groups excluding carboxylic acids is 1. The first-order valence-corrected chi connectivity index (χ1v) is 10.2. The van der Waals surface area contributed by atoms with Gasteiger partial charge in [-0.1, -0.05) is 31.2 Å². The van der Waals surface area contributed by atoms with Gasteiger partial charge in [-0.15, -0.1) is 0 Å². The lowest BCUT2D eigenvalue weighted by atomic mass is 9.83. The molecule has 0 aliphatic heterocycles. The Morgan fingerprint density at radius 3 is 2.59 bits per heavy atom. The second-order valence-corrected chi connectivity index (χ2v) is 7.90. The Morgan fingerprint density at radius 1 is 1.21 bits per heavy atom. The van der Waals surface area contributed by atoms with Crippen molar-refractivity contribution in [1.82, 2.24) is 9.78 Å². The quantitative estimate of drug-likeness (QED) is 0.637. The van der Waals surface area contributed by atoms with Gasteiger partial charge in [0.2, 0.25) is 6.41 Å². The van der Waals surface area contributed by atoms with E-state index in [9.17, 15) is 4.39 Å².